The summed E-state index contributed by atoms with van der Waals surface area (Å²) in [5, 5.41) is 3.35. The van der Waals surface area contributed by atoms with Gasteiger partial charge >= 0.3 is 0 Å². The van der Waals surface area contributed by atoms with Crippen molar-refractivity contribution in [2.75, 3.05) is 25.2 Å². The number of amides is 1. The Kier molecular flexibility index (Phi) is 7.87. The molecule has 0 aliphatic carbocycles. The van der Waals surface area contributed by atoms with Gasteiger partial charge in [0, 0.05) is 17.6 Å². The van der Waals surface area contributed by atoms with Crippen LogP contribution in [-0.4, -0.2) is 45.6 Å². The quantitative estimate of drug-likeness (QED) is 0.585. The minimum Gasteiger partial charge on any atom is -0.486 e. The van der Waals surface area contributed by atoms with Gasteiger partial charge in [0.05, 0.1) is 4.90 Å². The van der Waals surface area contributed by atoms with Gasteiger partial charge in [-0.3, -0.25) is 4.79 Å². The van der Waals surface area contributed by atoms with Gasteiger partial charge in [0.2, 0.25) is 15.9 Å². The molecule has 0 saturated carbocycles. The zero-order valence-corrected chi connectivity index (χ0v) is 18.8. The molecule has 0 fully saturated rings. The number of benzene rings is 2. The van der Waals surface area contributed by atoms with Gasteiger partial charge < -0.3 is 14.8 Å². The summed E-state index contributed by atoms with van der Waals surface area (Å²) in [4.78, 5) is 12.7. The fourth-order valence-corrected chi connectivity index (χ4v) is 4.81. The lowest BCUT2D eigenvalue weighted by molar-refractivity contribution is -0.122. The molecule has 1 aliphatic rings. The van der Waals surface area contributed by atoms with Gasteiger partial charge in [0.15, 0.2) is 11.5 Å². The first-order valence-corrected chi connectivity index (χ1v) is 12.6. The predicted octanol–water partition coefficient (Wildman–Crippen LogP) is 2.83. The Labute approximate surface area is 185 Å². The van der Waals surface area contributed by atoms with Crippen molar-refractivity contribution < 1.29 is 22.7 Å². The van der Waals surface area contributed by atoms with Gasteiger partial charge in [-0.05, 0) is 48.3 Å². The van der Waals surface area contributed by atoms with Crippen LogP contribution in [0.3, 0.4) is 0 Å². The standard InChI is InChI=1S/C20H23ClN2O5S2/c1-29-10-7-17(20(24)22-13-14-3-2-4-15(21)11-14)23-30(25,26)16-5-6-18-19(12-16)28-9-8-27-18/h2-6,11-12,17,23H,7-10,13H2,1H3,(H,22,24). The van der Waals surface area contributed by atoms with E-state index < -0.39 is 22.0 Å². The first kappa shape index (κ1) is 22.7. The smallest absolute Gasteiger partial charge is 0.241 e. The number of carbonyl (C=O) groups excluding carboxylic acids is 1. The van der Waals surface area contributed by atoms with Crippen LogP contribution in [0.2, 0.25) is 5.02 Å². The first-order valence-electron chi connectivity index (χ1n) is 9.32. The molecule has 7 nitrogen and oxygen atoms in total. The number of thioether (sulfide) groups is 1. The molecule has 162 valence electrons. The molecule has 0 spiro atoms. The molecule has 0 aromatic heterocycles. The molecule has 30 heavy (non-hydrogen) atoms. The fourth-order valence-electron chi connectivity index (χ4n) is 2.88. The number of sulfonamides is 1. The van der Waals surface area contributed by atoms with E-state index >= 15 is 0 Å². The summed E-state index contributed by atoms with van der Waals surface area (Å²) in [7, 11) is -3.93. The molecule has 3 rings (SSSR count). The van der Waals surface area contributed by atoms with E-state index in [1.165, 1.54) is 23.9 Å². The van der Waals surface area contributed by atoms with Crippen molar-refractivity contribution in [1.29, 1.82) is 0 Å². The lowest BCUT2D eigenvalue weighted by Gasteiger charge is -2.21. The van der Waals surface area contributed by atoms with Crippen LogP contribution >= 0.6 is 23.4 Å². The highest BCUT2D eigenvalue weighted by molar-refractivity contribution is 7.98. The number of hydrogen-bond donors (Lipinski definition) is 2. The summed E-state index contributed by atoms with van der Waals surface area (Å²) in [6.07, 6.45) is 2.25. The summed E-state index contributed by atoms with van der Waals surface area (Å²) in [6.45, 7) is 1.02. The predicted molar refractivity (Wildman–Crippen MR) is 118 cm³/mol. The third-order valence-electron chi connectivity index (χ3n) is 4.40. The van der Waals surface area contributed by atoms with Gasteiger partial charge in [0.25, 0.3) is 0 Å². The number of halogens is 1. The molecule has 1 atom stereocenters. The molecule has 2 aromatic carbocycles. The van der Waals surface area contributed by atoms with Crippen molar-refractivity contribution in [3.63, 3.8) is 0 Å². The molecular formula is C20H23ClN2O5S2. The lowest BCUT2D eigenvalue weighted by atomic mass is 10.2. The van der Waals surface area contributed by atoms with Crippen LogP contribution in [0.1, 0.15) is 12.0 Å². The van der Waals surface area contributed by atoms with E-state index in [1.54, 1.807) is 24.3 Å². The van der Waals surface area contributed by atoms with Crippen molar-refractivity contribution in [2.45, 2.75) is 23.9 Å². The number of fused-ring (bicyclic) bond motifs is 1. The van der Waals surface area contributed by atoms with Crippen LogP contribution in [0.25, 0.3) is 0 Å². The minimum absolute atomic E-state index is 0.0172. The second-order valence-electron chi connectivity index (χ2n) is 6.61. The highest BCUT2D eigenvalue weighted by atomic mass is 35.5. The van der Waals surface area contributed by atoms with Gasteiger partial charge in [-0.25, -0.2) is 8.42 Å². The van der Waals surface area contributed by atoms with E-state index in [0.29, 0.717) is 41.9 Å². The fraction of sp³-hybridized carbons (Fsp3) is 0.350. The lowest BCUT2D eigenvalue weighted by Crippen LogP contribution is -2.46. The van der Waals surface area contributed by atoms with Crippen molar-refractivity contribution in [2.24, 2.45) is 0 Å². The molecule has 0 bridgehead atoms. The average Bonchev–Trinajstić information content (AvgIpc) is 2.74. The molecular weight excluding hydrogens is 448 g/mol. The number of nitrogens with one attached hydrogen (secondary N) is 2. The Hall–Kier alpha value is -1.94. The van der Waals surface area contributed by atoms with E-state index in [9.17, 15) is 13.2 Å². The van der Waals surface area contributed by atoms with Gasteiger partial charge in [-0.15, -0.1) is 0 Å². The normalized spacial score (nSPS) is 14.2. The molecule has 1 unspecified atom stereocenters. The Bertz CT molecular complexity index is 1000. The van der Waals surface area contributed by atoms with Crippen molar-refractivity contribution in [3.05, 3.63) is 53.1 Å². The Morgan fingerprint density at radius 2 is 1.93 bits per heavy atom. The molecule has 0 radical (unpaired) electrons. The van der Waals surface area contributed by atoms with Crippen molar-refractivity contribution in [1.82, 2.24) is 10.0 Å². The van der Waals surface area contributed by atoms with Crippen molar-refractivity contribution in [3.8, 4) is 11.5 Å². The van der Waals surface area contributed by atoms with Gasteiger partial charge in [0.1, 0.15) is 19.3 Å². The number of rotatable bonds is 9. The zero-order chi connectivity index (χ0) is 21.6. The summed E-state index contributed by atoms with van der Waals surface area (Å²) in [5.74, 6) is 1.09. The van der Waals surface area contributed by atoms with E-state index in [-0.39, 0.29) is 11.4 Å². The molecule has 0 saturated heterocycles. The highest BCUT2D eigenvalue weighted by Crippen LogP contribution is 2.32. The Morgan fingerprint density at radius 3 is 2.67 bits per heavy atom. The molecule has 1 amide bonds. The molecule has 2 aromatic rings. The third-order valence-corrected chi connectivity index (χ3v) is 6.75. The number of hydrogen-bond acceptors (Lipinski definition) is 6. The van der Waals surface area contributed by atoms with Crippen LogP contribution in [-0.2, 0) is 21.4 Å². The maximum Gasteiger partial charge on any atom is 0.241 e. The Morgan fingerprint density at radius 1 is 1.17 bits per heavy atom. The van der Waals surface area contributed by atoms with E-state index in [4.69, 9.17) is 21.1 Å². The van der Waals surface area contributed by atoms with E-state index in [0.717, 1.165) is 5.56 Å². The molecule has 1 aliphatic heterocycles. The number of carbonyl (C=O) groups is 1. The summed E-state index contributed by atoms with van der Waals surface area (Å²) in [6, 6.07) is 10.6. The van der Waals surface area contributed by atoms with E-state index in [1.807, 2.05) is 12.3 Å². The maximum absolute atomic E-state index is 12.9. The SMILES string of the molecule is CSCCC(NS(=O)(=O)c1ccc2c(c1)OCCO2)C(=O)NCc1cccc(Cl)c1. The topological polar surface area (TPSA) is 93.7 Å². The summed E-state index contributed by atoms with van der Waals surface area (Å²) < 4.78 is 39.2. The summed E-state index contributed by atoms with van der Waals surface area (Å²) >= 11 is 7.51. The number of ether oxygens (including phenoxy) is 2. The largest absolute Gasteiger partial charge is 0.486 e. The second-order valence-corrected chi connectivity index (χ2v) is 9.74. The molecule has 2 N–H and O–H groups in total. The van der Waals surface area contributed by atoms with Crippen LogP contribution in [0, 0.1) is 0 Å². The zero-order valence-electron chi connectivity index (χ0n) is 16.4. The minimum atomic E-state index is -3.93. The van der Waals surface area contributed by atoms with E-state index in [2.05, 4.69) is 10.0 Å². The molecule has 1 heterocycles. The molecule has 10 heteroatoms. The monoisotopic (exact) mass is 470 g/mol. The first-order chi connectivity index (χ1) is 14.4. The van der Waals surface area contributed by atoms with Crippen LogP contribution in [0.4, 0.5) is 0 Å². The average molecular weight is 471 g/mol. The third kappa shape index (κ3) is 6.04. The van der Waals surface area contributed by atoms with Crippen LogP contribution in [0.15, 0.2) is 47.4 Å². The van der Waals surface area contributed by atoms with Gasteiger partial charge in [-0.1, -0.05) is 23.7 Å². The van der Waals surface area contributed by atoms with Gasteiger partial charge in [-0.2, -0.15) is 16.5 Å². The summed E-state index contributed by atoms with van der Waals surface area (Å²) in [5.41, 5.74) is 0.828. The van der Waals surface area contributed by atoms with Crippen molar-refractivity contribution >= 4 is 39.3 Å². The second kappa shape index (κ2) is 10.4. The van der Waals surface area contributed by atoms with Crippen LogP contribution in [0.5, 0.6) is 11.5 Å². The van der Waals surface area contributed by atoms with Crippen LogP contribution < -0.4 is 19.5 Å². The maximum atomic E-state index is 12.9. The highest BCUT2D eigenvalue weighted by Gasteiger charge is 2.26. The Balaban J connectivity index is 1.71.